The van der Waals surface area contributed by atoms with Crippen molar-refractivity contribution in [2.75, 3.05) is 0 Å². The van der Waals surface area contributed by atoms with E-state index in [0.717, 1.165) is 24.3 Å². The molecular formula is C22H15BrF5N2O4S-. The number of aromatic nitrogens is 1. The number of halogens is 6. The maximum absolute atomic E-state index is 13.8. The summed E-state index contributed by atoms with van der Waals surface area (Å²) in [7, 11) is 0. The molecule has 3 aromatic rings. The van der Waals surface area contributed by atoms with Crippen LogP contribution >= 0.6 is 15.9 Å². The van der Waals surface area contributed by atoms with E-state index in [1.165, 1.54) is 12.1 Å². The van der Waals surface area contributed by atoms with Crippen LogP contribution in [0.1, 0.15) is 39.2 Å². The van der Waals surface area contributed by atoms with Gasteiger partial charge in [-0.15, -0.1) is 0 Å². The summed E-state index contributed by atoms with van der Waals surface area (Å²) in [6, 6.07) is 10.3. The van der Waals surface area contributed by atoms with E-state index in [1.54, 1.807) is 12.1 Å². The lowest BCUT2D eigenvalue weighted by molar-refractivity contribution is -0.137. The first kappa shape index (κ1) is 26.7. The third kappa shape index (κ3) is 6.41. The van der Waals surface area contributed by atoms with E-state index in [-0.39, 0.29) is 16.8 Å². The highest BCUT2D eigenvalue weighted by atomic mass is 79.9. The van der Waals surface area contributed by atoms with E-state index < -0.39 is 57.7 Å². The van der Waals surface area contributed by atoms with Crippen LogP contribution in [0, 0.1) is 0 Å². The van der Waals surface area contributed by atoms with Crippen molar-refractivity contribution in [1.29, 1.82) is 0 Å². The molecule has 2 aromatic carbocycles. The molecule has 0 bridgehead atoms. The van der Waals surface area contributed by atoms with Gasteiger partial charge < -0.3 is 9.87 Å². The molecule has 0 aliphatic rings. The van der Waals surface area contributed by atoms with Gasteiger partial charge in [0, 0.05) is 22.5 Å². The van der Waals surface area contributed by atoms with Gasteiger partial charge in [0.15, 0.2) is 0 Å². The Morgan fingerprint density at radius 2 is 1.71 bits per heavy atom. The molecule has 3 rings (SSSR count). The largest absolute Gasteiger partial charge is 0.772 e. The molecule has 186 valence electrons. The van der Waals surface area contributed by atoms with Crippen LogP contribution < -0.4 is 10.9 Å². The van der Waals surface area contributed by atoms with Gasteiger partial charge in [0.2, 0.25) is 0 Å². The van der Waals surface area contributed by atoms with Crippen LogP contribution in [0.2, 0.25) is 0 Å². The normalized spacial score (nSPS) is 12.6. The van der Waals surface area contributed by atoms with E-state index in [1.807, 2.05) is 0 Å². The van der Waals surface area contributed by atoms with Crippen LogP contribution in [0.15, 0.2) is 63.9 Å². The van der Waals surface area contributed by atoms with Crippen LogP contribution in [0.4, 0.5) is 22.0 Å². The quantitative estimate of drug-likeness (QED) is 0.320. The molecule has 0 saturated heterocycles. The fraction of sp³-hybridized carbons (Fsp3) is 0.182. The van der Waals surface area contributed by atoms with Gasteiger partial charge in [-0.3, -0.25) is 18.4 Å². The van der Waals surface area contributed by atoms with Gasteiger partial charge in [-0.05, 0) is 51.3 Å². The van der Waals surface area contributed by atoms with E-state index in [0.29, 0.717) is 21.8 Å². The minimum Gasteiger partial charge on any atom is -0.772 e. The monoisotopic (exact) mass is 577 g/mol. The fourth-order valence-electron chi connectivity index (χ4n) is 3.21. The number of carbonyl (C=O) groups is 1. The minimum absolute atomic E-state index is 0.0865. The molecule has 35 heavy (non-hydrogen) atoms. The average molecular weight is 578 g/mol. The molecule has 0 radical (unpaired) electrons. The Balaban J connectivity index is 1.97. The van der Waals surface area contributed by atoms with Crippen molar-refractivity contribution in [3.8, 4) is 5.69 Å². The maximum Gasteiger partial charge on any atom is 0.416 e. The predicted octanol–water partition coefficient (Wildman–Crippen LogP) is 4.87. The van der Waals surface area contributed by atoms with E-state index in [4.69, 9.17) is 0 Å². The first-order chi connectivity index (χ1) is 16.4. The number of carbonyl (C=O) groups excluding carboxylic acids is 1. The number of rotatable bonds is 7. The Morgan fingerprint density at radius 1 is 1.09 bits per heavy atom. The lowest BCUT2D eigenvalue weighted by Gasteiger charge is -2.17. The molecule has 13 heteroatoms. The number of nitrogens with one attached hydrogen (secondary N) is 1. The second-order valence-electron chi connectivity index (χ2n) is 7.23. The second kappa shape index (κ2) is 10.8. The number of hydrogen-bond acceptors (Lipinski definition) is 4. The lowest BCUT2D eigenvalue weighted by atomic mass is 10.1. The molecule has 6 nitrogen and oxygen atoms in total. The van der Waals surface area contributed by atoms with Gasteiger partial charge in [-0.1, -0.05) is 41.4 Å². The summed E-state index contributed by atoms with van der Waals surface area (Å²) in [5.74, 6) is -1.13. The Morgan fingerprint density at radius 3 is 2.29 bits per heavy atom. The number of hydrogen-bond donors (Lipinski definition) is 1. The molecule has 1 heterocycles. The van der Waals surface area contributed by atoms with Crippen molar-refractivity contribution in [2.45, 2.75) is 24.9 Å². The number of amides is 1. The maximum atomic E-state index is 13.8. The fourth-order valence-corrected chi connectivity index (χ4v) is 4.25. The third-order valence-electron chi connectivity index (χ3n) is 4.83. The highest BCUT2D eigenvalue weighted by Crippen LogP contribution is 2.33. The summed E-state index contributed by atoms with van der Waals surface area (Å²) in [5, 5.41) is 2.44. The molecule has 0 saturated carbocycles. The molecule has 0 aliphatic heterocycles. The summed E-state index contributed by atoms with van der Waals surface area (Å²) in [5.41, 5.74) is -3.27. The topological polar surface area (TPSA) is 91.2 Å². The van der Waals surface area contributed by atoms with Crippen molar-refractivity contribution in [1.82, 2.24) is 9.88 Å². The molecular weight excluding hydrogens is 563 g/mol. The Hall–Kier alpha value is -2.90. The average Bonchev–Trinajstić information content (AvgIpc) is 2.78. The summed E-state index contributed by atoms with van der Waals surface area (Å²) in [6.07, 6.45) is -8.03. The number of nitrogens with zero attached hydrogens (tertiary/aromatic N) is 1. The van der Waals surface area contributed by atoms with Crippen LogP contribution in [-0.2, 0) is 29.6 Å². The van der Waals surface area contributed by atoms with Crippen LogP contribution in [0.5, 0.6) is 0 Å². The van der Waals surface area contributed by atoms with Gasteiger partial charge in [-0.25, -0.2) is 8.78 Å². The van der Waals surface area contributed by atoms with E-state index >= 15 is 0 Å². The van der Waals surface area contributed by atoms with Crippen molar-refractivity contribution in [3.05, 3.63) is 97.4 Å². The highest BCUT2D eigenvalue weighted by molar-refractivity contribution is 9.10. The zero-order valence-electron chi connectivity index (χ0n) is 17.4. The zero-order chi connectivity index (χ0) is 25.9. The summed E-state index contributed by atoms with van der Waals surface area (Å²) >= 11 is 0.616. The summed E-state index contributed by atoms with van der Waals surface area (Å²) < 4.78 is 88.5. The first-order valence-corrected chi connectivity index (χ1v) is 11.7. The molecule has 1 amide bonds. The van der Waals surface area contributed by atoms with Crippen LogP contribution in [0.3, 0.4) is 0 Å². The lowest BCUT2D eigenvalue weighted by Crippen LogP contribution is -2.34. The predicted molar refractivity (Wildman–Crippen MR) is 120 cm³/mol. The second-order valence-corrected chi connectivity index (χ2v) is 8.98. The Labute approximate surface area is 206 Å². The van der Waals surface area contributed by atoms with Gasteiger partial charge in [0.1, 0.15) is 11.3 Å². The van der Waals surface area contributed by atoms with Crippen molar-refractivity contribution < 1.29 is 35.5 Å². The number of benzene rings is 2. The van der Waals surface area contributed by atoms with Gasteiger partial charge in [0.05, 0.1) is 5.56 Å². The minimum atomic E-state index is -4.78. The highest BCUT2D eigenvalue weighted by Gasteiger charge is 2.31. The molecule has 1 N–H and O–H groups in total. The van der Waals surface area contributed by atoms with Crippen molar-refractivity contribution >= 4 is 32.9 Å². The van der Waals surface area contributed by atoms with Crippen LogP contribution in [-0.4, -0.2) is 19.2 Å². The number of pyridine rings is 1. The Bertz CT molecular complexity index is 1330. The van der Waals surface area contributed by atoms with E-state index in [2.05, 4.69) is 21.2 Å². The molecule has 0 spiro atoms. The molecule has 0 fully saturated rings. The zero-order valence-corrected chi connectivity index (χ0v) is 19.8. The molecule has 1 unspecified atom stereocenters. The van der Waals surface area contributed by atoms with Gasteiger partial charge >= 0.3 is 6.18 Å². The van der Waals surface area contributed by atoms with Crippen LogP contribution in [0.25, 0.3) is 5.69 Å². The Kier molecular flexibility index (Phi) is 8.23. The number of alkyl halides is 5. The molecule has 1 aromatic heterocycles. The first-order valence-electron chi connectivity index (χ1n) is 9.71. The van der Waals surface area contributed by atoms with E-state index in [9.17, 15) is 40.3 Å². The van der Waals surface area contributed by atoms with Gasteiger partial charge in [0.25, 0.3) is 17.9 Å². The standard InChI is InChI=1S/C22H16BrF5N2O4S/c23-17-9-16(20(31)29-10-12-4-6-13(7-5-12)11-35(33)34)21(32)30(18(17)19(24)25)15-3-1-2-14(8-15)22(26,27)28/h1-9,19H,10-11H2,(H,29,31)(H,33,34)/p-1. The SMILES string of the molecule is O=C(NCc1ccc(CS(=O)[O-])cc1)c1cc(Br)c(C(F)F)n(-c2cccc(C(F)(F)F)c2)c1=O. The van der Waals surface area contributed by atoms with Gasteiger partial charge in [-0.2, -0.15) is 13.2 Å². The molecule has 1 atom stereocenters. The molecule has 0 aliphatic carbocycles. The van der Waals surface area contributed by atoms with Crippen molar-refractivity contribution in [3.63, 3.8) is 0 Å². The summed E-state index contributed by atoms with van der Waals surface area (Å²) in [6.45, 7) is -0.0865. The summed E-state index contributed by atoms with van der Waals surface area (Å²) in [4.78, 5) is 25.7. The van der Waals surface area contributed by atoms with Crippen molar-refractivity contribution in [2.24, 2.45) is 0 Å². The smallest absolute Gasteiger partial charge is 0.416 e. The third-order valence-corrected chi connectivity index (χ3v) is 6.04.